The predicted octanol–water partition coefficient (Wildman–Crippen LogP) is 2.16. The van der Waals surface area contributed by atoms with Crippen molar-refractivity contribution in [1.29, 1.82) is 0 Å². The monoisotopic (exact) mass is 275 g/mol. The van der Waals surface area contributed by atoms with Crippen LogP contribution in [0.4, 0.5) is 0 Å². The maximum atomic E-state index is 4.32. The fourth-order valence-electron chi connectivity index (χ4n) is 1.42. The minimum atomic E-state index is 0.646. The first-order valence-corrected chi connectivity index (χ1v) is 7.01. The summed E-state index contributed by atoms with van der Waals surface area (Å²) in [6, 6.07) is 0. The van der Waals surface area contributed by atoms with Gasteiger partial charge in [0.1, 0.15) is 5.03 Å². The lowest BCUT2D eigenvalue weighted by Crippen LogP contribution is -2.19. The lowest BCUT2D eigenvalue weighted by atomic mass is 10.2. The summed E-state index contributed by atoms with van der Waals surface area (Å²) in [6.45, 7) is 6.17. The van der Waals surface area contributed by atoms with E-state index in [2.05, 4.69) is 39.1 Å². The van der Waals surface area contributed by atoms with E-state index in [1.54, 1.807) is 18.6 Å². The first-order chi connectivity index (χ1) is 9.24. The van der Waals surface area contributed by atoms with Crippen molar-refractivity contribution in [2.75, 3.05) is 6.54 Å². The van der Waals surface area contributed by atoms with Crippen LogP contribution in [-0.2, 0) is 6.54 Å². The second kappa shape index (κ2) is 7.16. The van der Waals surface area contributed by atoms with Gasteiger partial charge in [0.25, 0.3) is 0 Å². The topological polar surface area (TPSA) is 63.6 Å². The third-order valence-electron chi connectivity index (χ3n) is 2.30. The van der Waals surface area contributed by atoms with Crippen LogP contribution >= 0.6 is 11.8 Å². The zero-order chi connectivity index (χ0) is 13.5. The second-order valence-electron chi connectivity index (χ2n) is 4.54. The van der Waals surface area contributed by atoms with Crippen molar-refractivity contribution in [1.82, 2.24) is 25.3 Å². The molecule has 0 spiro atoms. The Hall–Kier alpha value is -1.53. The van der Waals surface area contributed by atoms with Crippen LogP contribution in [0, 0.1) is 5.92 Å². The molecule has 0 aromatic carbocycles. The van der Waals surface area contributed by atoms with E-state index < -0.39 is 0 Å². The summed E-state index contributed by atoms with van der Waals surface area (Å²) in [5.41, 5.74) is 1.09. The maximum absolute atomic E-state index is 4.32. The highest BCUT2D eigenvalue weighted by Crippen LogP contribution is 2.20. The van der Waals surface area contributed by atoms with Crippen molar-refractivity contribution in [3.05, 3.63) is 36.5 Å². The highest BCUT2D eigenvalue weighted by atomic mass is 32.2. The average Bonchev–Trinajstić information content (AvgIpc) is 2.42. The zero-order valence-corrected chi connectivity index (χ0v) is 11.9. The van der Waals surface area contributed by atoms with Crippen LogP contribution in [-0.4, -0.2) is 26.5 Å². The predicted molar refractivity (Wildman–Crippen MR) is 74.7 cm³/mol. The third kappa shape index (κ3) is 4.92. The number of nitrogens with one attached hydrogen (secondary N) is 1. The maximum Gasteiger partial charge on any atom is 0.193 e. The van der Waals surface area contributed by atoms with Crippen molar-refractivity contribution < 1.29 is 0 Å². The van der Waals surface area contributed by atoms with Crippen LogP contribution in [0.2, 0.25) is 0 Å². The summed E-state index contributed by atoms with van der Waals surface area (Å²) in [6.07, 6.45) is 8.70. The molecule has 0 saturated carbocycles. The standard InChI is InChI=1S/C13H17N5S/c1-10(2)5-15-6-11-7-17-13(18-8-11)19-12-9-14-3-4-16-12/h3-4,7-10,15H,5-6H2,1-2H3. The summed E-state index contributed by atoms with van der Waals surface area (Å²) in [7, 11) is 0. The van der Waals surface area contributed by atoms with Crippen molar-refractivity contribution in [3.8, 4) is 0 Å². The third-order valence-corrected chi connectivity index (χ3v) is 3.11. The van der Waals surface area contributed by atoms with E-state index in [4.69, 9.17) is 0 Å². The highest BCUT2D eigenvalue weighted by Gasteiger charge is 2.02. The molecule has 0 radical (unpaired) electrons. The van der Waals surface area contributed by atoms with Crippen molar-refractivity contribution in [3.63, 3.8) is 0 Å². The highest BCUT2D eigenvalue weighted by molar-refractivity contribution is 7.99. The van der Waals surface area contributed by atoms with Crippen LogP contribution in [0.3, 0.4) is 0 Å². The smallest absolute Gasteiger partial charge is 0.193 e. The average molecular weight is 275 g/mol. The molecule has 6 heteroatoms. The number of nitrogens with zero attached hydrogens (tertiary/aromatic N) is 4. The SMILES string of the molecule is CC(C)CNCc1cnc(Sc2cnccn2)nc1. The van der Waals surface area contributed by atoms with E-state index in [0.29, 0.717) is 11.1 Å². The molecule has 1 N–H and O–H groups in total. The van der Waals surface area contributed by atoms with Gasteiger partial charge >= 0.3 is 0 Å². The molecule has 19 heavy (non-hydrogen) atoms. The molecular weight excluding hydrogens is 258 g/mol. The molecule has 0 atom stereocenters. The summed E-state index contributed by atoms with van der Waals surface area (Å²) in [5.74, 6) is 0.646. The molecule has 2 heterocycles. The Kier molecular flexibility index (Phi) is 5.23. The van der Waals surface area contributed by atoms with Gasteiger partial charge in [0, 0.05) is 36.9 Å². The van der Waals surface area contributed by atoms with Gasteiger partial charge in [-0.2, -0.15) is 0 Å². The van der Waals surface area contributed by atoms with Gasteiger partial charge in [0.2, 0.25) is 0 Å². The molecule has 0 aliphatic carbocycles. The van der Waals surface area contributed by atoms with Crippen molar-refractivity contribution in [2.24, 2.45) is 5.92 Å². The molecule has 0 aliphatic heterocycles. The van der Waals surface area contributed by atoms with E-state index >= 15 is 0 Å². The van der Waals surface area contributed by atoms with E-state index in [9.17, 15) is 0 Å². The summed E-state index contributed by atoms with van der Waals surface area (Å²) in [4.78, 5) is 16.8. The zero-order valence-electron chi connectivity index (χ0n) is 11.1. The molecule has 0 fully saturated rings. The van der Waals surface area contributed by atoms with Gasteiger partial charge < -0.3 is 5.32 Å². The van der Waals surface area contributed by atoms with E-state index in [1.807, 2.05) is 12.4 Å². The molecule has 0 unspecified atom stereocenters. The van der Waals surface area contributed by atoms with E-state index in [1.165, 1.54) is 11.8 Å². The van der Waals surface area contributed by atoms with Gasteiger partial charge in [-0.3, -0.25) is 4.98 Å². The Labute approximate surface area is 117 Å². The molecule has 2 rings (SSSR count). The number of aromatic nitrogens is 4. The van der Waals surface area contributed by atoms with Gasteiger partial charge in [0.15, 0.2) is 5.16 Å². The molecule has 2 aromatic rings. The first kappa shape index (κ1) is 13.9. The minimum absolute atomic E-state index is 0.646. The van der Waals surface area contributed by atoms with Crippen LogP contribution in [0.5, 0.6) is 0 Å². The first-order valence-electron chi connectivity index (χ1n) is 6.19. The largest absolute Gasteiger partial charge is 0.312 e. The molecule has 0 saturated heterocycles. The molecule has 0 bridgehead atoms. The van der Waals surface area contributed by atoms with Crippen LogP contribution in [0.1, 0.15) is 19.4 Å². The van der Waals surface area contributed by atoms with Gasteiger partial charge in [-0.1, -0.05) is 13.8 Å². The van der Waals surface area contributed by atoms with Gasteiger partial charge in [-0.15, -0.1) is 0 Å². The molecule has 100 valence electrons. The molecule has 0 amide bonds. The summed E-state index contributed by atoms with van der Waals surface area (Å²) >= 11 is 1.41. The van der Waals surface area contributed by atoms with Crippen LogP contribution in [0.25, 0.3) is 0 Å². The van der Waals surface area contributed by atoms with Gasteiger partial charge in [-0.05, 0) is 24.2 Å². The lowest BCUT2D eigenvalue weighted by molar-refractivity contribution is 0.550. The summed E-state index contributed by atoms with van der Waals surface area (Å²) in [5, 5.41) is 4.85. The van der Waals surface area contributed by atoms with E-state index in [-0.39, 0.29) is 0 Å². The van der Waals surface area contributed by atoms with Crippen LogP contribution < -0.4 is 5.32 Å². The molecule has 5 nitrogen and oxygen atoms in total. The fraction of sp³-hybridized carbons (Fsp3) is 0.385. The Bertz CT molecular complexity index is 486. The number of rotatable bonds is 6. The molecular formula is C13H17N5S. The Balaban J connectivity index is 1.88. The minimum Gasteiger partial charge on any atom is -0.312 e. The number of hydrogen-bond acceptors (Lipinski definition) is 6. The van der Waals surface area contributed by atoms with E-state index in [0.717, 1.165) is 23.7 Å². The summed E-state index contributed by atoms with van der Waals surface area (Å²) < 4.78 is 0. The second-order valence-corrected chi connectivity index (χ2v) is 5.53. The van der Waals surface area contributed by atoms with Crippen LogP contribution in [0.15, 0.2) is 41.2 Å². The van der Waals surface area contributed by atoms with Gasteiger partial charge in [-0.25, -0.2) is 15.0 Å². The Morgan fingerprint density at radius 1 is 1.11 bits per heavy atom. The lowest BCUT2D eigenvalue weighted by Gasteiger charge is -2.07. The van der Waals surface area contributed by atoms with Gasteiger partial charge in [0.05, 0.1) is 6.20 Å². The fourth-order valence-corrected chi connectivity index (χ4v) is 2.05. The number of hydrogen-bond donors (Lipinski definition) is 1. The van der Waals surface area contributed by atoms with Crippen molar-refractivity contribution in [2.45, 2.75) is 30.6 Å². The van der Waals surface area contributed by atoms with Crippen molar-refractivity contribution >= 4 is 11.8 Å². The molecule has 0 aliphatic rings. The Morgan fingerprint density at radius 3 is 2.53 bits per heavy atom. The quantitative estimate of drug-likeness (QED) is 0.815. The normalized spacial score (nSPS) is 10.9. The Morgan fingerprint density at radius 2 is 1.89 bits per heavy atom. The molecule has 2 aromatic heterocycles.